The molecule has 0 aliphatic rings. The van der Waals surface area contributed by atoms with Gasteiger partial charge >= 0.3 is 0 Å². The predicted molar refractivity (Wildman–Crippen MR) is 52.4 cm³/mol. The van der Waals surface area contributed by atoms with E-state index in [1.54, 1.807) is 13.3 Å². The average Bonchev–Trinajstić information content (AvgIpc) is 2.18. The van der Waals surface area contributed by atoms with Crippen LogP contribution in [-0.4, -0.2) is 23.4 Å². The Labute approximate surface area is 83.3 Å². The Hall–Kier alpha value is -1.45. The Kier molecular flexibility index (Phi) is 3.56. The molecule has 1 aromatic heterocycles. The van der Waals surface area contributed by atoms with Crippen molar-refractivity contribution in [2.75, 3.05) is 7.11 Å². The van der Waals surface area contributed by atoms with Gasteiger partial charge in [-0.1, -0.05) is 13.8 Å². The zero-order valence-corrected chi connectivity index (χ0v) is 8.65. The van der Waals surface area contributed by atoms with E-state index in [-0.39, 0.29) is 5.92 Å². The van der Waals surface area contributed by atoms with E-state index in [2.05, 4.69) is 9.97 Å². The molecule has 1 rings (SSSR count). The number of ether oxygens (including phenoxy) is 1. The Bertz CT molecular complexity index is 324. The average molecular weight is 194 g/mol. The van der Waals surface area contributed by atoms with Crippen LogP contribution < -0.4 is 4.74 Å². The van der Waals surface area contributed by atoms with Crippen LogP contribution in [-0.2, 0) is 11.2 Å². The molecule has 0 atom stereocenters. The third-order valence-electron chi connectivity index (χ3n) is 1.86. The second-order valence-electron chi connectivity index (χ2n) is 3.29. The van der Waals surface area contributed by atoms with Gasteiger partial charge in [-0.2, -0.15) is 4.98 Å². The summed E-state index contributed by atoms with van der Waals surface area (Å²) in [6, 6.07) is 0. The molecule has 0 unspecified atom stereocenters. The summed E-state index contributed by atoms with van der Waals surface area (Å²) >= 11 is 0. The molecule has 0 fully saturated rings. The number of carbonyl (C=O) groups excluding carboxylic acids is 1. The number of aldehydes is 1. The maximum Gasteiger partial charge on any atom is 0.220 e. The predicted octanol–water partition coefficient (Wildman–Crippen LogP) is 1.35. The molecule has 0 aliphatic heterocycles. The second kappa shape index (κ2) is 4.69. The van der Waals surface area contributed by atoms with Crippen molar-refractivity contribution in [3.63, 3.8) is 0 Å². The highest BCUT2D eigenvalue weighted by atomic mass is 16.5. The fourth-order valence-electron chi connectivity index (χ4n) is 1.09. The maximum absolute atomic E-state index is 10.4. The van der Waals surface area contributed by atoms with Gasteiger partial charge in [-0.3, -0.25) is 0 Å². The summed E-state index contributed by atoms with van der Waals surface area (Å²) in [5, 5.41) is 0. The van der Waals surface area contributed by atoms with Crippen LogP contribution in [0.5, 0.6) is 5.88 Å². The van der Waals surface area contributed by atoms with Crippen molar-refractivity contribution in [2.45, 2.75) is 26.2 Å². The summed E-state index contributed by atoms with van der Waals surface area (Å²) in [6.07, 6.45) is 2.76. The van der Waals surface area contributed by atoms with E-state index in [1.807, 2.05) is 13.8 Å². The van der Waals surface area contributed by atoms with Crippen molar-refractivity contribution in [3.05, 3.63) is 17.6 Å². The molecule has 0 spiro atoms. The molecular weight excluding hydrogens is 180 g/mol. The van der Waals surface area contributed by atoms with Gasteiger partial charge in [0.25, 0.3) is 0 Å². The van der Waals surface area contributed by atoms with Gasteiger partial charge in [-0.05, 0) is 0 Å². The van der Waals surface area contributed by atoms with Crippen molar-refractivity contribution >= 4 is 6.29 Å². The standard InChI is InChI=1S/C10H14N2O2/c1-7(2)9-11-6-8(4-5-13)10(12-9)14-3/h5-7H,4H2,1-3H3. The minimum absolute atomic E-state index is 0.259. The van der Waals surface area contributed by atoms with Crippen LogP contribution in [0.4, 0.5) is 0 Å². The molecule has 4 nitrogen and oxygen atoms in total. The van der Waals surface area contributed by atoms with Crippen LogP contribution in [0.2, 0.25) is 0 Å². The number of hydrogen-bond donors (Lipinski definition) is 0. The molecule has 0 aliphatic carbocycles. The van der Waals surface area contributed by atoms with Crippen LogP contribution in [0.25, 0.3) is 0 Å². The number of carbonyl (C=O) groups is 1. The van der Waals surface area contributed by atoms with Gasteiger partial charge in [0, 0.05) is 24.1 Å². The van der Waals surface area contributed by atoms with E-state index in [9.17, 15) is 4.79 Å². The lowest BCUT2D eigenvalue weighted by Crippen LogP contribution is -2.03. The van der Waals surface area contributed by atoms with Crippen LogP contribution in [0, 0.1) is 0 Å². The second-order valence-corrected chi connectivity index (χ2v) is 3.29. The zero-order chi connectivity index (χ0) is 10.6. The first-order valence-electron chi connectivity index (χ1n) is 4.52. The molecule has 0 N–H and O–H groups in total. The largest absolute Gasteiger partial charge is 0.481 e. The van der Waals surface area contributed by atoms with Gasteiger partial charge in [-0.25, -0.2) is 4.98 Å². The molecule has 0 saturated heterocycles. The number of rotatable bonds is 4. The van der Waals surface area contributed by atoms with Gasteiger partial charge in [0.2, 0.25) is 5.88 Å². The number of nitrogens with zero attached hydrogens (tertiary/aromatic N) is 2. The van der Waals surface area contributed by atoms with Gasteiger partial charge < -0.3 is 9.53 Å². The molecule has 0 saturated carbocycles. The molecule has 4 heteroatoms. The van der Waals surface area contributed by atoms with Crippen molar-refractivity contribution < 1.29 is 9.53 Å². The van der Waals surface area contributed by atoms with Crippen LogP contribution in [0.15, 0.2) is 6.20 Å². The minimum atomic E-state index is 0.259. The molecular formula is C10H14N2O2. The number of hydrogen-bond acceptors (Lipinski definition) is 4. The van der Waals surface area contributed by atoms with E-state index < -0.39 is 0 Å². The Balaban J connectivity index is 3.04. The highest BCUT2D eigenvalue weighted by Crippen LogP contribution is 2.17. The van der Waals surface area contributed by atoms with Gasteiger partial charge in [0.1, 0.15) is 12.1 Å². The Morgan fingerprint density at radius 3 is 2.79 bits per heavy atom. The summed E-state index contributed by atoms with van der Waals surface area (Å²) < 4.78 is 5.08. The topological polar surface area (TPSA) is 52.1 Å². The highest BCUT2D eigenvalue weighted by molar-refractivity contribution is 5.56. The SMILES string of the molecule is COc1nc(C(C)C)ncc1CC=O. The highest BCUT2D eigenvalue weighted by Gasteiger charge is 2.09. The smallest absolute Gasteiger partial charge is 0.220 e. The van der Waals surface area contributed by atoms with E-state index in [1.165, 1.54) is 0 Å². The molecule has 14 heavy (non-hydrogen) atoms. The van der Waals surface area contributed by atoms with E-state index in [0.717, 1.165) is 17.7 Å². The van der Waals surface area contributed by atoms with Gasteiger partial charge in [0.05, 0.1) is 7.11 Å². The molecule has 0 radical (unpaired) electrons. The van der Waals surface area contributed by atoms with Gasteiger partial charge in [-0.15, -0.1) is 0 Å². The zero-order valence-electron chi connectivity index (χ0n) is 8.65. The van der Waals surface area contributed by atoms with Crippen LogP contribution >= 0.6 is 0 Å². The number of aromatic nitrogens is 2. The lowest BCUT2D eigenvalue weighted by molar-refractivity contribution is -0.107. The van der Waals surface area contributed by atoms with Crippen molar-refractivity contribution in [3.8, 4) is 5.88 Å². The first kappa shape index (κ1) is 10.6. The first-order chi connectivity index (χ1) is 6.69. The summed E-state index contributed by atoms with van der Waals surface area (Å²) in [6.45, 7) is 4.02. The van der Waals surface area contributed by atoms with Gasteiger partial charge in [0.15, 0.2) is 0 Å². The normalized spacial score (nSPS) is 10.3. The lowest BCUT2D eigenvalue weighted by atomic mass is 10.2. The van der Waals surface area contributed by atoms with Crippen LogP contribution in [0.3, 0.4) is 0 Å². The third kappa shape index (κ3) is 2.28. The monoisotopic (exact) mass is 194 g/mol. The summed E-state index contributed by atoms with van der Waals surface area (Å²) in [5.41, 5.74) is 0.729. The van der Waals surface area contributed by atoms with Crippen molar-refractivity contribution in [2.24, 2.45) is 0 Å². The van der Waals surface area contributed by atoms with Crippen LogP contribution in [0.1, 0.15) is 31.2 Å². The molecule has 0 aromatic carbocycles. The molecule has 0 bridgehead atoms. The molecule has 0 amide bonds. The van der Waals surface area contributed by atoms with E-state index >= 15 is 0 Å². The summed E-state index contributed by atoms with van der Waals surface area (Å²) in [5.74, 6) is 1.49. The van der Waals surface area contributed by atoms with E-state index in [4.69, 9.17) is 4.74 Å². The minimum Gasteiger partial charge on any atom is -0.481 e. The van der Waals surface area contributed by atoms with Crippen molar-refractivity contribution in [1.29, 1.82) is 0 Å². The summed E-state index contributed by atoms with van der Waals surface area (Å²) in [4.78, 5) is 18.7. The van der Waals surface area contributed by atoms with Crippen molar-refractivity contribution in [1.82, 2.24) is 9.97 Å². The summed E-state index contributed by atoms with van der Waals surface area (Å²) in [7, 11) is 1.54. The third-order valence-corrected chi connectivity index (χ3v) is 1.86. The number of methoxy groups -OCH3 is 1. The lowest BCUT2D eigenvalue weighted by Gasteiger charge is -2.08. The van der Waals surface area contributed by atoms with E-state index in [0.29, 0.717) is 12.3 Å². The quantitative estimate of drug-likeness (QED) is 0.679. The Morgan fingerprint density at radius 1 is 1.57 bits per heavy atom. The fraction of sp³-hybridized carbons (Fsp3) is 0.500. The fourth-order valence-corrected chi connectivity index (χ4v) is 1.09. The molecule has 76 valence electrons. The molecule has 1 heterocycles. The maximum atomic E-state index is 10.4. The Morgan fingerprint density at radius 2 is 2.29 bits per heavy atom. The first-order valence-corrected chi connectivity index (χ1v) is 4.52. The molecule has 1 aromatic rings.